The molecular formula is C44H47F2N9O7. The number of carbonyl (C=O) groups excluding carboxylic acids is 4. The molecule has 0 radical (unpaired) electrons. The van der Waals surface area contributed by atoms with Crippen LogP contribution in [0.2, 0.25) is 0 Å². The molecule has 62 heavy (non-hydrogen) atoms. The first-order valence-electron chi connectivity index (χ1n) is 20.0. The Balaban J connectivity index is 0.000000186. The molecule has 2 N–H and O–H groups in total. The van der Waals surface area contributed by atoms with Gasteiger partial charge in [0.1, 0.15) is 11.6 Å². The van der Waals surface area contributed by atoms with Gasteiger partial charge in [-0.25, -0.2) is 23.2 Å². The Morgan fingerprint density at radius 3 is 1.52 bits per heavy atom. The molecule has 0 bridgehead atoms. The van der Waals surface area contributed by atoms with Crippen LogP contribution in [0.25, 0.3) is 21.8 Å². The second-order valence-electron chi connectivity index (χ2n) is 14.7. The van der Waals surface area contributed by atoms with Crippen molar-refractivity contribution in [3.63, 3.8) is 0 Å². The molecule has 0 spiro atoms. The largest absolute Gasteiger partial charge is 0.465 e. The Labute approximate surface area is 355 Å². The number of ketones is 1. The highest BCUT2D eigenvalue weighted by Gasteiger charge is 2.28. The molecule has 0 aliphatic carbocycles. The average Bonchev–Trinajstić information content (AvgIpc) is 3.88. The molecule has 6 aromatic rings. The molecule has 4 aromatic carbocycles. The second-order valence-corrected chi connectivity index (χ2v) is 14.7. The molecule has 0 saturated carbocycles. The third kappa shape index (κ3) is 9.57. The number of aryl methyl sites for hydroxylation is 2. The van der Waals surface area contributed by atoms with Gasteiger partial charge in [0.25, 0.3) is 0 Å². The Bertz CT molecular complexity index is 2430. The molecule has 16 nitrogen and oxygen atoms in total. The molecule has 0 atom stereocenters. The highest BCUT2D eigenvalue weighted by molar-refractivity contribution is 5.98. The summed E-state index contributed by atoms with van der Waals surface area (Å²) in [5.41, 5.74) is 9.28. The lowest BCUT2D eigenvalue weighted by atomic mass is 10.1. The number of fused-ring (bicyclic) bond motifs is 2. The topological polar surface area (TPSA) is 171 Å². The number of morpholine rings is 2. The number of amides is 4. The van der Waals surface area contributed by atoms with E-state index in [1.165, 1.54) is 42.3 Å². The zero-order valence-corrected chi connectivity index (χ0v) is 34.6. The number of methoxy groups -OCH3 is 1. The lowest BCUT2D eigenvalue weighted by molar-refractivity contribution is 0.0548. The Morgan fingerprint density at radius 2 is 1.10 bits per heavy atom. The van der Waals surface area contributed by atoms with Crippen LogP contribution in [0.15, 0.2) is 85.2 Å². The lowest BCUT2D eigenvalue weighted by Gasteiger charge is -2.33. The van der Waals surface area contributed by atoms with Crippen molar-refractivity contribution in [3.05, 3.63) is 119 Å². The first kappa shape index (κ1) is 43.3. The molecule has 2 aromatic heterocycles. The van der Waals surface area contributed by atoms with E-state index in [0.29, 0.717) is 75.1 Å². The minimum absolute atomic E-state index is 0.00678. The van der Waals surface area contributed by atoms with Crippen LogP contribution in [0, 0.1) is 11.6 Å². The number of Topliss-reactive ketones (excluding diaryl/α,β-unsaturated/α-hetero) is 1. The lowest BCUT2D eigenvalue weighted by Crippen LogP contribution is -2.48. The number of rotatable bonds is 9. The maximum Gasteiger partial charge on any atom is 0.337 e. The minimum atomic E-state index is -0.617. The van der Waals surface area contributed by atoms with Gasteiger partial charge in [-0.3, -0.25) is 24.0 Å². The molecule has 0 unspecified atom stereocenters. The van der Waals surface area contributed by atoms with Crippen LogP contribution in [-0.4, -0.2) is 119 Å². The fourth-order valence-corrected chi connectivity index (χ4v) is 7.22. The van der Waals surface area contributed by atoms with E-state index in [1.807, 2.05) is 50.5 Å². The number of anilines is 2. The summed E-state index contributed by atoms with van der Waals surface area (Å²) in [6.07, 6.45) is 3.50. The summed E-state index contributed by atoms with van der Waals surface area (Å²) >= 11 is 0. The number of benzene rings is 4. The number of halogens is 2. The van der Waals surface area contributed by atoms with Crippen molar-refractivity contribution in [1.82, 2.24) is 29.4 Å². The summed E-state index contributed by atoms with van der Waals surface area (Å²) in [5.74, 6) is -2.09. The average molecular weight is 852 g/mol. The number of nitrogens with two attached hydrogens (primary N) is 1. The van der Waals surface area contributed by atoms with E-state index in [9.17, 15) is 28.0 Å². The Morgan fingerprint density at radius 1 is 0.661 bits per heavy atom. The van der Waals surface area contributed by atoms with Gasteiger partial charge in [-0.1, -0.05) is 18.2 Å². The van der Waals surface area contributed by atoms with Crippen molar-refractivity contribution in [2.75, 3.05) is 76.1 Å². The van der Waals surface area contributed by atoms with Crippen molar-refractivity contribution in [1.29, 1.82) is 0 Å². The number of esters is 1. The van der Waals surface area contributed by atoms with Crippen LogP contribution in [0.3, 0.4) is 0 Å². The smallest absolute Gasteiger partial charge is 0.337 e. The van der Waals surface area contributed by atoms with E-state index in [-0.39, 0.29) is 48.6 Å². The maximum atomic E-state index is 14.8. The van der Waals surface area contributed by atoms with E-state index in [2.05, 4.69) is 14.9 Å². The molecule has 4 amide bonds. The molecule has 4 heterocycles. The first-order chi connectivity index (χ1) is 29.9. The number of ether oxygens (including phenoxy) is 3. The van der Waals surface area contributed by atoms with Gasteiger partial charge < -0.3 is 29.7 Å². The SMILES string of the molecule is COC(=O)c1ccc(CN(C(=O)N2CCOCC2)c2ccc3cnn(C)c3c2)c(F)c1.Cn1ncc2ccc(N(Cc3ccc(C(=O)CN)cc3F)C(=O)N3CCOCC3)cc21. The van der Waals surface area contributed by atoms with Crippen LogP contribution in [0.5, 0.6) is 0 Å². The van der Waals surface area contributed by atoms with Gasteiger partial charge in [0.05, 0.1) is 82.2 Å². The summed E-state index contributed by atoms with van der Waals surface area (Å²) in [6.45, 7) is 3.55. The molecular weight excluding hydrogens is 805 g/mol. The number of aromatic nitrogens is 4. The number of carbonyl (C=O) groups is 4. The Kier molecular flexibility index (Phi) is 13.5. The maximum absolute atomic E-state index is 14.8. The fraction of sp³-hybridized carbons (Fsp3) is 0.318. The number of hydrogen-bond acceptors (Lipinski definition) is 10. The molecule has 324 valence electrons. The number of nitrogens with zero attached hydrogens (tertiary/aromatic N) is 8. The predicted octanol–water partition coefficient (Wildman–Crippen LogP) is 5.27. The normalized spacial score (nSPS) is 14.0. The van der Waals surface area contributed by atoms with Crippen molar-refractivity contribution < 1.29 is 42.2 Å². The van der Waals surface area contributed by atoms with Crippen LogP contribution in [-0.2, 0) is 41.4 Å². The minimum Gasteiger partial charge on any atom is -0.465 e. The Hall–Kier alpha value is -6.76. The van der Waals surface area contributed by atoms with E-state index in [1.54, 1.807) is 36.5 Å². The molecule has 2 aliphatic rings. The van der Waals surface area contributed by atoms with Gasteiger partial charge in [0, 0.05) is 79.1 Å². The van der Waals surface area contributed by atoms with Crippen LogP contribution >= 0.6 is 0 Å². The summed E-state index contributed by atoms with van der Waals surface area (Å²) in [4.78, 5) is 56.7. The third-order valence-electron chi connectivity index (χ3n) is 10.8. The zero-order chi connectivity index (χ0) is 43.9. The summed E-state index contributed by atoms with van der Waals surface area (Å²) in [7, 11) is 4.89. The highest BCUT2D eigenvalue weighted by Crippen LogP contribution is 2.28. The molecule has 2 fully saturated rings. The van der Waals surface area contributed by atoms with E-state index >= 15 is 0 Å². The summed E-state index contributed by atoms with van der Waals surface area (Å²) in [5, 5.41) is 10.4. The van der Waals surface area contributed by atoms with Crippen LogP contribution < -0.4 is 15.5 Å². The predicted molar refractivity (Wildman–Crippen MR) is 227 cm³/mol. The van der Waals surface area contributed by atoms with Crippen molar-refractivity contribution in [2.24, 2.45) is 19.8 Å². The quantitative estimate of drug-likeness (QED) is 0.149. The van der Waals surface area contributed by atoms with Crippen LogP contribution in [0.1, 0.15) is 31.8 Å². The van der Waals surface area contributed by atoms with Gasteiger partial charge >= 0.3 is 18.0 Å². The van der Waals surface area contributed by atoms with Gasteiger partial charge in [-0.2, -0.15) is 10.2 Å². The summed E-state index contributed by atoms with van der Waals surface area (Å²) < 4.78 is 48.4. The van der Waals surface area contributed by atoms with Crippen molar-refractivity contribution >= 4 is 57.0 Å². The van der Waals surface area contributed by atoms with Gasteiger partial charge in [0.15, 0.2) is 5.78 Å². The van der Waals surface area contributed by atoms with Crippen LogP contribution in [0.4, 0.5) is 29.7 Å². The van der Waals surface area contributed by atoms with E-state index < -0.39 is 17.6 Å². The van der Waals surface area contributed by atoms with Gasteiger partial charge in [-0.15, -0.1) is 0 Å². The van der Waals surface area contributed by atoms with Crippen molar-refractivity contribution in [2.45, 2.75) is 13.1 Å². The molecule has 2 saturated heterocycles. The highest BCUT2D eigenvalue weighted by atomic mass is 19.1. The number of hydrogen-bond donors (Lipinski definition) is 1. The monoisotopic (exact) mass is 851 g/mol. The fourth-order valence-electron chi connectivity index (χ4n) is 7.22. The van der Waals surface area contributed by atoms with Crippen molar-refractivity contribution in [3.8, 4) is 0 Å². The number of urea groups is 2. The molecule has 18 heteroatoms. The standard InChI is InChI=1S/C22H24FN5O3.C22H23FN4O4/c1-26-20-11-18(5-4-16(20)13-25-26)28(22(30)27-6-8-31-9-7-27)14-17-3-2-15(10-19(17)23)21(29)12-24;1-25-20-12-18(6-5-16(20)13-24-25)27(22(29)26-7-9-31-10-8-26)14-17-4-3-15(11-19(17)23)21(28)30-2/h2-5,10-11,13H,6-9,12,14,24H2,1H3;3-6,11-13H,7-10,14H2,1-2H3. The zero-order valence-electron chi connectivity index (χ0n) is 34.6. The van der Waals surface area contributed by atoms with E-state index in [0.717, 1.165) is 27.9 Å². The van der Waals surface area contributed by atoms with Gasteiger partial charge in [-0.05, 0) is 54.6 Å². The summed E-state index contributed by atoms with van der Waals surface area (Å²) in [6, 6.07) is 19.0. The second kappa shape index (κ2) is 19.3. The molecule has 8 rings (SSSR count). The first-order valence-corrected chi connectivity index (χ1v) is 20.0. The molecule has 2 aliphatic heterocycles. The van der Waals surface area contributed by atoms with E-state index in [4.69, 9.17) is 15.2 Å². The third-order valence-corrected chi connectivity index (χ3v) is 10.8. The van der Waals surface area contributed by atoms with Gasteiger partial charge in [0.2, 0.25) is 0 Å².